The van der Waals surface area contributed by atoms with Crippen molar-refractivity contribution >= 4 is 27.7 Å². The highest BCUT2D eigenvalue weighted by Gasteiger charge is 2.44. The molecule has 0 unspecified atom stereocenters. The minimum atomic E-state index is -4.67. The van der Waals surface area contributed by atoms with Crippen LogP contribution in [0.2, 0.25) is 0 Å². The van der Waals surface area contributed by atoms with Gasteiger partial charge in [-0.15, -0.1) is 0 Å². The first-order valence-corrected chi connectivity index (χ1v) is 10.4. The van der Waals surface area contributed by atoms with Gasteiger partial charge in [-0.1, -0.05) is 36.4 Å². The van der Waals surface area contributed by atoms with E-state index in [0.29, 0.717) is 6.08 Å². The largest absolute Gasteiger partial charge is 0.469 e. The fourth-order valence-corrected chi connectivity index (χ4v) is 3.74. The number of amides is 1. The van der Waals surface area contributed by atoms with Crippen molar-refractivity contribution in [2.75, 3.05) is 14.2 Å². The molecule has 2 rings (SSSR count). The molecule has 0 fully saturated rings. The average molecular weight is 449 g/mol. The molecule has 0 aliphatic carbocycles. The van der Waals surface area contributed by atoms with Gasteiger partial charge >= 0.3 is 11.9 Å². The van der Waals surface area contributed by atoms with Crippen LogP contribution in [0.1, 0.15) is 16.8 Å². The lowest BCUT2D eigenvalue weighted by Gasteiger charge is -2.28. The molecule has 0 bridgehead atoms. The zero-order valence-corrected chi connectivity index (χ0v) is 17.5. The molecule has 2 aromatic carbocycles. The minimum absolute atomic E-state index is 0.0837. The van der Waals surface area contributed by atoms with Crippen LogP contribution in [-0.2, 0) is 28.9 Å². The highest BCUT2D eigenvalue weighted by atomic mass is 32.2. The van der Waals surface area contributed by atoms with Crippen molar-refractivity contribution in [3.05, 3.63) is 77.5 Å². The first-order chi connectivity index (χ1) is 14.7. The molecular weight excluding hydrogens is 429 g/mol. The average Bonchev–Trinajstić information content (AvgIpc) is 2.79. The van der Waals surface area contributed by atoms with E-state index in [9.17, 15) is 22.8 Å². The van der Waals surface area contributed by atoms with Crippen molar-refractivity contribution in [3.63, 3.8) is 0 Å². The van der Waals surface area contributed by atoms with Crippen LogP contribution in [0.4, 0.5) is 4.39 Å². The number of benzene rings is 2. The summed E-state index contributed by atoms with van der Waals surface area (Å²) in [6.45, 7) is 0. The van der Waals surface area contributed by atoms with E-state index in [2.05, 4.69) is 14.8 Å². The molecule has 31 heavy (non-hydrogen) atoms. The van der Waals surface area contributed by atoms with E-state index < -0.39 is 44.8 Å². The van der Waals surface area contributed by atoms with Gasteiger partial charge in [-0.05, 0) is 24.3 Å². The van der Waals surface area contributed by atoms with Crippen molar-refractivity contribution in [2.45, 2.75) is 16.9 Å². The van der Waals surface area contributed by atoms with Gasteiger partial charge in [0.25, 0.3) is 5.91 Å². The lowest BCUT2D eigenvalue weighted by Crippen LogP contribution is -2.55. The molecule has 1 N–H and O–H groups in total. The molecule has 164 valence electrons. The summed E-state index contributed by atoms with van der Waals surface area (Å²) in [5.74, 6) is -3.14. The maximum Gasteiger partial charge on any atom is 0.336 e. The molecule has 0 aromatic heterocycles. The number of sulfone groups is 1. The van der Waals surface area contributed by atoms with Crippen LogP contribution in [0.3, 0.4) is 0 Å². The van der Waals surface area contributed by atoms with Gasteiger partial charge < -0.3 is 14.8 Å². The van der Waals surface area contributed by atoms with Gasteiger partial charge in [-0.3, -0.25) is 9.59 Å². The Hall–Kier alpha value is -3.53. The molecule has 0 aliphatic rings. The topological polar surface area (TPSA) is 116 Å². The number of ether oxygens (including phenoxy) is 2. The smallest absolute Gasteiger partial charge is 0.336 e. The predicted octanol–water partition coefficient (Wildman–Crippen LogP) is 2.18. The number of esters is 2. The van der Waals surface area contributed by atoms with Crippen molar-refractivity contribution in [1.82, 2.24) is 5.32 Å². The Bertz CT molecular complexity index is 1090. The SMILES string of the molecule is COC(=O)C[C@@](/C=C(\F)S(=O)(=O)c1ccccc1)(NC(=O)c1ccccc1)C(=O)OC. The summed E-state index contributed by atoms with van der Waals surface area (Å²) in [4.78, 5) is 36.9. The summed E-state index contributed by atoms with van der Waals surface area (Å²) in [6.07, 6.45) is -0.564. The second kappa shape index (κ2) is 9.98. The molecule has 0 saturated heterocycles. The lowest BCUT2D eigenvalue weighted by molar-refractivity contribution is -0.152. The molecule has 0 spiro atoms. The summed E-state index contributed by atoms with van der Waals surface area (Å²) in [7, 11) is -2.71. The summed E-state index contributed by atoms with van der Waals surface area (Å²) in [5.41, 5.74) is -2.40. The standard InChI is InChI=1S/C21H20FNO7S/c1-29-18(24)14-21(20(26)30-2,23-19(25)15-9-5-3-6-10-15)13-17(22)31(27,28)16-11-7-4-8-12-16/h3-13H,14H2,1-2H3,(H,23,25)/b17-13+/t21-/m1/s1. The maximum absolute atomic E-state index is 15.0. The lowest BCUT2D eigenvalue weighted by atomic mass is 9.94. The number of hydrogen-bond acceptors (Lipinski definition) is 7. The quantitative estimate of drug-likeness (QED) is 0.614. The molecule has 0 radical (unpaired) electrons. The van der Waals surface area contributed by atoms with E-state index in [0.717, 1.165) is 26.4 Å². The van der Waals surface area contributed by atoms with Gasteiger partial charge in [0.2, 0.25) is 15.0 Å². The van der Waals surface area contributed by atoms with Gasteiger partial charge in [-0.2, -0.15) is 4.39 Å². The zero-order valence-electron chi connectivity index (χ0n) is 16.7. The normalized spacial score (nSPS) is 13.6. The molecule has 0 aliphatic heterocycles. The van der Waals surface area contributed by atoms with Crippen LogP contribution in [0, 0.1) is 0 Å². The molecule has 8 nitrogen and oxygen atoms in total. The summed E-state index contributed by atoms with van der Waals surface area (Å²) < 4.78 is 49.4. The second-order valence-corrected chi connectivity index (χ2v) is 8.17. The van der Waals surface area contributed by atoms with Gasteiger partial charge in [0.1, 0.15) is 0 Å². The monoisotopic (exact) mass is 449 g/mol. The molecule has 2 aromatic rings. The van der Waals surface area contributed by atoms with Gasteiger partial charge in [0.05, 0.1) is 25.5 Å². The summed E-state index contributed by atoms with van der Waals surface area (Å²) in [6, 6.07) is 14.2. The van der Waals surface area contributed by atoms with Crippen LogP contribution in [0.15, 0.2) is 76.8 Å². The van der Waals surface area contributed by atoms with E-state index in [-0.39, 0.29) is 10.5 Å². The Kier molecular flexibility index (Phi) is 7.65. The van der Waals surface area contributed by atoms with Crippen LogP contribution in [0.25, 0.3) is 0 Å². The van der Waals surface area contributed by atoms with Crippen LogP contribution < -0.4 is 5.32 Å². The molecule has 10 heteroatoms. The van der Waals surface area contributed by atoms with E-state index >= 15 is 4.39 Å². The van der Waals surface area contributed by atoms with Gasteiger partial charge in [0.15, 0.2) is 5.54 Å². The highest BCUT2D eigenvalue weighted by Crippen LogP contribution is 2.26. The Morgan fingerprint density at radius 1 is 0.968 bits per heavy atom. The number of halogens is 1. The van der Waals surface area contributed by atoms with Crippen LogP contribution in [0.5, 0.6) is 0 Å². The number of rotatable bonds is 8. The van der Waals surface area contributed by atoms with E-state index in [1.54, 1.807) is 18.2 Å². The summed E-state index contributed by atoms with van der Waals surface area (Å²) in [5, 5.41) is 0.473. The number of hydrogen-bond donors (Lipinski definition) is 1. The first kappa shape index (κ1) is 23.7. The third-order valence-corrected chi connectivity index (χ3v) is 5.77. The number of methoxy groups -OCH3 is 2. The first-order valence-electron chi connectivity index (χ1n) is 8.87. The van der Waals surface area contributed by atoms with E-state index in [4.69, 9.17) is 0 Å². The van der Waals surface area contributed by atoms with Gasteiger partial charge in [0, 0.05) is 11.6 Å². The van der Waals surface area contributed by atoms with E-state index in [1.165, 1.54) is 30.3 Å². The highest BCUT2D eigenvalue weighted by molar-refractivity contribution is 7.95. The molecule has 0 saturated carbocycles. The second-order valence-electron chi connectivity index (χ2n) is 6.30. The number of nitrogens with one attached hydrogen (secondary N) is 1. The third-order valence-electron chi connectivity index (χ3n) is 4.24. The Morgan fingerprint density at radius 3 is 2.03 bits per heavy atom. The Labute approximate surface area is 178 Å². The number of carbonyl (C=O) groups excluding carboxylic acids is 3. The zero-order chi connectivity index (χ0) is 23.1. The van der Waals surface area contributed by atoms with E-state index in [1.807, 2.05) is 0 Å². The van der Waals surface area contributed by atoms with Crippen LogP contribution >= 0.6 is 0 Å². The predicted molar refractivity (Wildman–Crippen MR) is 108 cm³/mol. The van der Waals surface area contributed by atoms with Crippen molar-refractivity contribution in [2.24, 2.45) is 0 Å². The Balaban J connectivity index is 2.61. The Morgan fingerprint density at radius 2 is 1.52 bits per heavy atom. The molecule has 0 heterocycles. The van der Waals surface area contributed by atoms with Crippen molar-refractivity contribution in [1.29, 1.82) is 0 Å². The van der Waals surface area contributed by atoms with Crippen molar-refractivity contribution in [3.8, 4) is 0 Å². The minimum Gasteiger partial charge on any atom is -0.469 e. The summed E-state index contributed by atoms with van der Waals surface area (Å²) >= 11 is 0. The van der Waals surface area contributed by atoms with Crippen LogP contribution in [-0.4, -0.2) is 46.0 Å². The number of carbonyl (C=O) groups is 3. The van der Waals surface area contributed by atoms with Crippen molar-refractivity contribution < 1.29 is 36.7 Å². The fraction of sp³-hybridized carbons (Fsp3) is 0.190. The van der Waals surface area contributed by atoms with Gasteiger partial charge in [-0.25, -0.2) is 13.2 Å². The molecular formula is C21H20FNO7S. The fourth-order valence-electron chi connectivity index (χ4n) is 2.64. The molecule has 1 amide bonds. The third kappa shape index (κ3) is 5.54. The molecule has 1 atom stereocenters. The maximum atomic E-state index is 15.0.